The van der Waals surface area contributed by atoms with Crippen molar-refractivity contribution in [3.63, 3.8) is 0 Å². The second-order valence-electron chi connectivity index (χ2n) is 6.91. The van der Waals surface area contributed by atoms with Crippen LogP contribution in [0, 0.1) is 17.0 Å². The first-order valence-corrected chi connectivity index (χ1v) is 7.87. The molecule has 2 fully saturated rings. The molecule has 2 heterocycles. The Hall–Kier alpha value is -0.690. The molecule has 0 spiro atoms. The van der Waals surface area contributed by atoms with E-state index in [0.717, 1.165) is 19.3 Å². The maximum atomic E-state index is 12.4. The lowest BCUT2D eigenvalue weighted by molar-refractivity contribution is -0.881. The number of carbonyl (C=O) groups excluding carboxylic acids is 1. The van der Waals surface area contributed by atoms with Crippen LogP contribution >= 0.6 is 0 Å². The van der Waals surface area contributed by atoms with Gasteiger partial charge in [-0.3, -0.25) is 0 Å². The van der Waals surface area contributed by atoms with Gasteiger partial charge in [0, 0.05) is 19.3 Å². The number of hydroxylamine groups is 3. The van der Waals surface area contributed by atoms with E-state index in [-0.39, 0.29) is 23.2 Å². The molecule has 2 N–H and O–H groups in total. The summed E-state index contributed by atoms with van der Waals surface area (Å²) in [5.74, 6) is -1.17. The summed E-state index contributed by atoms with van der Waals surface area (Å²) >= 11 is 0. The highest BCUT2D eigenvalue weighted by atomic mass is 16.6. The average Bonchev–Trinajstić information content (AvgIpc) is 2.91. The maximum absolute atomic E-state index is 12.4. The van der Waals surface area contributed by atoms with Crippen LogP contribution in [0.5, 0.6) is 0 Å². The van der Waals surface area contributed by atoms with Gasteiger partial charge in [0.1, 0.15) is 6.61 Å². The molecular formula is C15H27NO5. The molecule has 0 aromatic rings. The third kappa shape index (κ3) is 2.82. The Balaban J connectivity index is 1.95. The minimum Gasteiger partial charge on any atom is -0.633 e. The Morgan fingerprint density at radius 1 is 1.38 bits per heavy atom. The summed E-state index contributed by atoms with van der Waals surface area (Å²) in [7, 11) is 0. The number of fused-ring (bicyclic) bond motifs is 1. The second-order valence-corrected chi connectivity index (χ2v) is 6.91. The Bertz CT molecular complexity index is 390. The number of esters is 1. The quantitative estimate of drug-likeness (QED) is 0.445. The summed E-state index contributed by atoms with van der Waals surface area (Å²) in [5.41, 5.74) is -1.89. The van der Waals surface area contributed by atoms with Crippen molar-refractivity contribution >= 4 is 5.97 Å². The van der Waals surface area contributed by atoms with Gasteiger partial charge in [-0.25, -0.2) is 4.79 Å². The predicted octanol–water partition coefficient (Wildman–Crippen LogP) is 0.794. The van der Waals surface area contributed by atoms with Crippen molar-refractivity contribution < 1.29 is 24.4 Å². The van der Waals surface area contributed by atoms with Gasteiger partial charge in [-0.15, -0.1) is 0 Å². The van der Waals surface area contributed by atoms with Crippen LogP contribution in [0.15, 0.2) is 0 Å². The lowest BCUT2D eigenvalue weighted by Gasteiger charge is -2.40. The van der Waals surface area contributed by atoms with Crippen LogP contribution in [-0.4, -0.2) is 58.3 Å². The fourth-order valence-corrected chi connectivity index (χ4v) is 3.82. The summed E-state index contributed by atoms with van der Waals surface area (Å²) < 4.78 is 5.12. The van der Waals surface area contributed by atoms with Crippen molar-refractivity contribution in [2.45, 2.75) is 57.8 Å². The van der Waals surface area contributed by atoms with Crippen LogP contribution in [-0.2, 0) is 9.53 Å². The molecule has 6 heteroatoms. The SMILES string of the molecule is CC(C)[C@@](O)(C(=O)OC[C@H]1CC[N+]2([O-])CCC[C@@H]12)[C@H](C)O. The van der Waals surface area contributed by atoms with Crippen LogP contribution in [0.3, 0.4) is 0 Å². The van der Waals surface area contributed by atoms with Crippen molar-refractivity contribution in [1.82, 2.24) is 0 Å². The highest BCUT2D eigenvalue weighted by molar-refractivity contribution is 5.80. The first-order valence-electron chi connectivity index (χ1n) is 7.87. The lowest BCUT2D eigenvalue weighted by atomic mass is 9.85. The van der Waals surface area contributed by atoms with Crippen molar-refractivity contribution in [3.8, 4) is 0 Å². The van der Waals surface area contributed by atoms with E-state index in [1.807, 2.05) is 0 Å². The fraction of sp³-hybridized carbons (Fsp3) is 0.933. The van der Waals surface area contributed by atoms with E-state index in [9.17, 15) is 20.2 Å². The fourth-order valence-electron chi connectivity index (χ4n) is 3.82. The summed E-state index contributed by atoms with van der Waals surface area (Å²) in [6, 6.07) is 0.0245. The largest absolute Gasteiger partial charge is 0.633 e. The first-order chi connectivity index (χ1) is 9.71. The zero-order valence-electron chi connectivity index (χ0n) is 13.1. The molecule has 122 valence electrons. The summed E-state index contributed by atoms with van der Waals surface area (Å²) in [4.78, 5) is 12.2. The number of ether oxygens (including phenoxy) is 1. The normalized spacial score (nSPS) is 36.3. The van der Waals surface area contributed by atoms with E-state index in [0.29, 0.717) is 13.1 Å². The molecule has 0 aromatic carbocycles. The molecule has 0 saturated carbocycles. The Kier molecular flexibility index (Phi) is 4.63. The molecule has 2 rings (SSSR count). The van der Waals surface area contributed by atoms with Gasteiger partial charge >= 0.3 is 5.97 Å². The highest BCUT2D eigenvalue weighted by Gasteiger charge is 2.49. The number of rotatable bonds is 5. The van der Waals surface area contributed by atoms with E-state index < -0.39 is 23.6 Å². The Labute approximate surface area is 125 Å². The minimum atomic E-state index is -1.89. The average molecular weight is 301 g/mol. The zero-order valence-corrected chi connectivity index (χ0v) is 13.1. The summed E-state index contributed by atoms with van der Waals surface area (Å²) in [5, 5.41) is 32.5. The van der Waals surface area contributed by atoms with Crippen LogP contribution < -0.4 is 0 Å². The van der Waals surface area contributed by atoms with Crippen molar-refractivity contribution in [1.29, 1.82) is 0 Å². The van der Waals surface area contributed by atoms with Crippen molar-refractivity contribution in [2.75, 3.05) is 19.7 Å². The number of nitrogens with zero attached hydrogens (tertiary/aromatic N) is 1. The number of hydrogen-bond acceptors (Lipinski definition) is 5. The molecular weight excluding hydrogens is 274 g/mol. The number of aliphatic hydroxyl groups is 2. The van der Waals surface area contributed by atoms with Crippen molar-refractivity contribution in [2.24, 2.45) is 11.8 Å². The van der Waals surface area contributed by atoms with Crippen LogP contribution in [0.1, 0.15) is 40.0 Å². The Morgan fingerprint density at radius 2 is 2.05 bits per heavy atom. The van der Waals surface area contributed by atoms with Gasteiger partial charge in [0.05, 0.1) is 31.2 Å². The van der Waals surface area contributed by atoms with E-state index in [4.69, 9.17) is 4.74 Å². The van der Waals surface area contributed by atoms with Crippen LogP contribution in [0.25, 0.3) is 0 Å². The van der Waals surface area contributed by atoms with E-state index >= 15 is 0 Å². The van der Waals surface area contributed by atoms with E-state index in [2.05, 4.69) is 0 Å². The second kappa shape index (κ2) is 5.83. The molecule has 2 saturated heterocycles. The molecule has 0 aliphatic carbocycles. The number of aliphatic hydroxyl groups excluding tert-OH is 1. The number of hydrogen-bond donors (Lipinski definition) is 2. The molecule has 1 unspecified atom stereocenters. The summed E-state index contributed by atoms with van der Waals surface area (Å²) in [6.45, 7) is 6.14. The molecule has 0 aromatic heterocycles. The molecule has 5 atom stereocenters. The smallest absolute Gasteiger partial charge is 0.341 e. The van der Waals surface area contributed by atoms with Gasteiger partial charge in [-0.05, 0) is 12.8 Å². The maximum Gasteiger partial charge on any atom is 0.341 e. The topological polar surface area (TPSA) is 89.8 Å². The first kappa shape index (κ1) is 16.7. The lowest BCUT2D eigenvalue weighted by Crippen LogP contribution is -2.53. The standard InChI is InChI=1S/C15H27NO5/c1-10(2)15(19,11(3)17)14(18)21-9-12-6-8-16(20)7-4-5-13(12)16/h10-13,17,19H,4-9H2,1-3H3/t11-,12+,13-,15-,16?/m0/s1. The molecule has 2 aliphatic heterocycles. The van der Waals surface area contributed by atoms with Crippen molar-refractivity contribution in [3.05, 3.63) is 5.21 Å². The third-order valence-electron chi connectivity index (χ3n) is 5.34. The monoisotopic (exact) mass is 301 g/mol. The third-order valence-corrected chi connectivity index (χ3v) is 5.34. The minimum absolute atomic E-state index is 0.0245. The number of quaternary nitrogens is 1. The van der Waals surface area contributed by atoms with Gasteiger partial charge < -0.3 is 24.8 Å². The van der Waals surface area contributed by atoms with Crippen LogP contribution in [0.2, 0.25) is 0 Å². The molecule has 0 radical (unpaired) electrons. The van der Waals surface area contributed by atoms with Gasteiger partial charge in [-0.1, -0.05) is 13.8 Å². The van der Waals surface area contributed by atoms with Gasteiger partial charge in [0.15, 0.2) is 5.60 Å². The number of carbonyl (C=O) groups is 1. The van der Waals surface area contributed by atoms with E-state index in [1.54, 1.807) is 13.8 Å². The Morgan fingerprint density at radius 3 is 2.62 bits per heavy atom. The molecule has 21 heavy (non-hydrogen) atoms. The highest BCUT2D eigenvalue weighted by Crippen LogP contribution is 2.39. The zero-order chi connectivity index (χ0) is 15.8. The van der Waals surface area contributed by atoms with Crippen LogP contribution in [0.4, 0.5) is 0 Å². The van der Waals surface area contributed by atoms with E-state index in [1.165, 1.54) is 6.92 Å². The van der Waals surface area contributed by atoms with Gasteiger partial charge in [0.2, 0.25) is 0 Å². The predicted molar refractivity (Wildman–Crippen MR) is 76.9 cm³/mol. The van der Waals surface area contributed by atoms with Gasteiger partial charge in [0.25, 0.3) is 0 Å². The molecule has 2 aliphatic rings. The summed E-state index contributed by atoms with van der Waals surface area (Å²) in [6.07, 6.45) is 1.38. The molecule has 0 amide bonds. The van der Waals surface area contributed by atoms with Gasteiger partial charge in [-0.2, -0.15) is 0 Å². The molecule has 6 nitrogen and oxygen atoms in total. The molecule has 0 bridgehead atoms.